The normalized spacial score (nSPS) is 9.25. The number of hydrogen-bond donors (Lipinski definition) is 1. The number of benzene rings is 2. The fourth-order valence-electron chi connectivity index (χ4n) is 1.79. The molecule has 0 atom stereocenters. The summed E-state index contributed by atoms with van der Waals surface area (Å²) in [7, 11) is 0. The Kier molecular flexibility index (Phi) is 2.87. The van der Waals surface area contributed by atoms with Crippen LogP contribution in [0.3, 0.4) is 0 Å². The van der Waals surface area contributed by atoms with Gasteiger partial charge in [-0.05, 0) is 17.0 Å². The second kappa shape index (κ2) is 4.49. The largest absolute Gasteiger partial charge is 0.326 e. The predicted octanol–water partition coefficient (Wildman–Crippen LogP) is 2.17. The van der Waals surface area contributed by atoms with E-state index in [0.29, 0.717) is 6.54 Å². The summed E-state index contributed by atoms with van der Waals surface area (Å²) in [4.78, 5) is 0. The Bertz CT molecular complexity index is 619. The van der Waals surface area contributed by atoms with Crippen LogP contribution in [0.4, 0.5) is 0 Å². The average Bonchev–Trinajstić information content (AvgIpc) is 2.35. The van der Waals surface area contributed by atoms with Gasteiger partial charge in [-0.1, -0.05) is 36.3 Å². The predicted molar refractivity (Wildman–Crippen MR) is 64.3 cm³/mol. The first kappa shape index (κ1) is 10.2. The minimum absolute atomic E-state index is 0.475. The summed E-state index contributed by atoms with van der Waals surface area (Å²) >= 11 is 0. The molecule has 76 valence electrons. The Hall–Kier alpha value is -2.29. The van der Waals surface area contributed by atoms with Gasteiger partial charge in [-0.15, -0.1) is 0 Å². The van der Waals surface area contributed by atoms with Gasteiger partial charge in [-0.25, -0.2) is 0 Å². The van der Waals surface area contributed by atoms with Gasteiger partial charge in [0.25, 0.3) is 0 Å². The van der Waals surface area contributed by atoms with Crippen LogP contribution in [-0.4, -0.2) is 0 Å². The lowest BCUT2D eigenvalue weighted by Crippen LogP contribution is -1.98. The SMILES string of the molecule is N#CC#Cc1cccc2cccc(CN)c12. The van der Waals surface area contributed by atoms with Crippen LogP contribution in [-0.2, 0) is 6.54 Å². The Labute approximate surface area is 94.3 Å². The molecule has 0 unspecified atom stereocenters. The number of fused-ring (bicyclic) bond motifs is 1. The van der Waals surface area contributed by atoms with Crippen LogP contribution in [0.2, 0.25) is 0 Å². The van der Waals surface area contributed by atoms with E-state index in [1.807, 2.05) is 42.5 Å². The molecule has 2 heteroatoms. The quantitative estimate of drug-likeness (QED) is 0.727. The highest BCUT2D eigenvalue weighted by Crippen LogP contribution is 2.22. The lowest BCUT2D eigenvalue weighted by molar-refractivity contribution is 1.09. The summed E-state index contributed by atoms with van der Waals surface area (Å²) in [6.45, 7) is 0.475. The van der Waals surface area contributed by atoms with Crippen LogP contribution in [0.15, 0.2) is 36.4 Å². The van der Waals surface area contributed by atoms with Gasteiger partial charge in [0.2, 0.25) is 0 Å². The average molecular weight is 206 g/mol. The van der Waals surface area contributed by atoms with Crippen molar-refractivity contribution in [2.75, 3.05) is 0 Å². The third kappa shape index (κ3) is 1.75. The van der Waals surface area contributed by atoms with Crippen molar-refractivity contribution in [1.82, 2.24) is 0 Å². The molecule has 0 spiro atoms. The smallest absolute Gasteiger partial charge is 0.152 e. The second-order valence-electron chi connectivity index (χ2n) is 3.39. The van der Waals surface area contributed by atoms with Crippen LogP contribution in [0.25, 0.3) is 10.8 Å². The summed E-state index contributed by atoms with van der Waals surface area (Å²) in [5, 5.41) is 10.6. The molecule has 0 amide bonds. The zero-order valence-corrected chi connectivity index (χ0v) is 8.70. The van der Waals surface area contributed by atoms with Gasteiger partial charge in [0, 0.05) is 23.4 Å². The fourth-order valence-corrected chi connectivity index (χ4v) is 1.79. The summed E-state index contributed by atoms with van der Waals surface area (Å²) in [5.41, 5.74) is 7.62. The zero-order chi connectivity index (χ0) is 11.4. The minimum atomic E-state index is 0.475. The Morgan fingerprint density at radius 2 is 1.88 bits per heavy atom. The summed E-state index contributed by atoms with van der Waals surface area (Å²) in [6.07, 6.45) is 0. The van der Waals surface area contributed by atoms with Gasteiger partial charge in [-0.2, -0.15) is 5.26 Å². The maximum Gasteiger partial charge on any atom is 0.152 e. The van der Waals surface area contributed by atoms with Crippen molar-refractivity contribution in [1.29, 1.82) is 5.26 Å². The molecule has 16 heavy (non-hydrogen) atoms. The van der Waals surface area contributed by atoms with Crippen molar-refractivity contribution in [3.05, 3.63) is 47.5 Å². The van der Waals surface area contributed by atoms with Gasteiger partial charge < -0.3 is 5.73 Å². The fraction of sp³-hybridized carbons (Fsp3) is 0.0714. The summed E-state index contributed by atoms with van der Waals surface area (Å²) < 4.78 is 0. The highest BCUT2D eigenvalue weighted by atomic mass is 14.5. The van der Waals surface area contributed by atoms with Crippen molar-refractivity contribution in [3.63, 3.8) is 0 Å². The van der Waals surface area contributed by atoms with Gasteiger partial charge in [0.05, 0.1) is 0 Å². The maximum atomic E-state index is 8.48. The molecular formula is C14H10N2. The van der Waals surface area contributed by atoms with Crippen molar-refractivity contribution < 1.29 is 0 Å². The number of rotatable bonds is 1. The van der Waals surface area contributed by atoms with Crippen molar-refractivity contribution in [3.8, 4) is 17.9 Å². The molecule has 0 saturated heterocycles. The Morgan fingerprint density at radius 1 is 1.12 bits per heavy atom. The van der Waals surface area contributed by atoms with Crippen molar-refractivity contribution in [2.24, 2.45) is 5.73 Å². The third-order valence-electron chi connectivity index (χ3n) is 2.46. The molecule has 2 nitrogen and oxygen atoms in total. The zero-order valence-electron chi connectivity index (χ0n) is 8.70. The molecule has 2 aromatic rings. The molecule has 0 aliphatic rings. The lowest BCUT2D eigenvalue weighted by atomic mass is 9.99. The van der Waals surface area contributed by atoms with Crippen molar-refractivity contribution in [2.45, 2.75) is 6.54 Å². The van der Waals surface area contributed by atoms with Gasteiger partial charge in [0.1, 0.15) is 0 Å². The van der Waals surface area contributed by atoms with E-state index in [4.69, 9.17) is 11.0 Å². The van der Waals surface area contributed by atoms with Crippen LogP contribution in [0.1, 0.15) is 11.1 Å². The van der Waals surface area contributed by atoms with E-state index in [2.05, 4.69) is 11.8 Å². The maximum absolute atomic E-state index is 8.48. The first-order chi connectivity index (χ1) is 7.86. The van der Waals surface area contributed by atoms with Crippen LogP contribution in [0, 0.1) is 23.2 Å². The van der Waals surface area contributed by atoms with Gasteiger partial charge in [0.15, 0.2) is 6.07 Å². The van der Waals surface area contributed by atoms with Gasteiger partial charge >= 0.3 is 0 Å². The molecule has 0 radical (unpaired) electrons. The van der Waals surface area contributed by atoms with Crippen molar-refractivity contribution >= 4 is 10.8 Å². The van der Waals surface area contributed by atoms with E-state index < -0.39 is 0 Å². The molecule has 0 fully saturated rings. The number of nitrogens with two attached hydrogens (primary N) is 1. The standard InChI is InChI=1S/C14H10N2/c15-9-3-8-12-5-1-4-11-6-2-7-13(10-16)14(11)12/h1-2,4-7H,10,16H2. The van der Waals surface area contributed by atoms with Gasteiger partial charge in [-0.3, -0.25) is 0 Å². The van der Waals surface area contributed by atoms with E-state index in [-0.39, 0.29) is 0 Å². The molecule has 2 N–H and O–H groups in total. The topological polar surface area (TPSA) is 49.8 Å². The van der Waals surface area contributed by atoms with E-state index in [0.717, 1.165) is 21.9 Å². The molecule has 0 bridgehead atoms. The molecule has 2 aromatic carbocycles. The molecule has 0 aliphatic heterocycles. The Morgan fingerprint density at radius 3 is 2.56 bits per heavy atom. The highest BCUT2D eigenvalue weighted by molar-refractivity contribution is 5.91. The number of hydrogen-bond acceptors (Lipinski definition) is 2. The van der Waals surface area contributed by atoms with E-state index in [9.17, 15) is 0 Å². The first-order valence-corrected chi connectivity index (χ1v) is 4.97. The molecule has 0 aliphatic carbocycles. The Balaban J connectivity index is 2.79. The van der Waals surface area contributed by atoms with E-state index >= 15 is 0 Å². The van der Waals surface area contributed by atoms with Crippen LogP contribution < -0.4 is 5.73 Å². The van der Waals surface area contributed by atoms with Crippen LogP contribution in [0.5, 0.6) is 0 Å². The highest BCUT2D eigenvalue weighted by Gasteiger charge is 2.02. The lowest BCUT2D eigenvalue weighted by Gasteiger charge is -2.05. The molecule has 0 aromatic heterocycles. The third-order valence-corrected chi connectivity index (χ3v) is 2.46. The molecular weight excluding hydrogens is 196 g/mol. The first-order valence-electron chi connectivity index (χ1n) is 4.97. The van der Waals surface area contributed by atoms with Crippen LogP contribution >= 0.6 is 0 Å². The monoisotopic (exact) mass is 206 g/mol. The summed E-state index contributed by atoms with van der Waals surface area (Å²) in [5.74, 6) is 5.27. The molecule has 0 saturated carbocycles. The number of nitrogens with zero attached hydrogens (tertiary/aromatic N) is 1. The number of nitriles is 1. The minimum Gasteiger partial charge on any atom is -0.326 e. The summed E-state index contributed by atoms with van der Waals surface area (Å²) in [6, 6.07) is 13.7. The molecule has 2 rings (SSSR count). The molecule has 0 heterocycles. The second-order valence-corrected chi connectivity index (χ2v) is 3.39. The van der Waals surface area contributed by atoms with E-state index in [1.165, 1.54) is 0 Å². The van der Waals surface area contributed by atoms with E-state index in [1.54, 1.807) is 0 Å².